The lowest BCUT2D eigenvalue weighted by Gasteiger charge is -2.31. The number of anilines is 1. The lowest BCUT2D eigenvalue weighted by Crippen LogP contribution is -2.38. The van der Waals surface area contributed by atoms with E-state index in [9.17, 15) is 14.4 Å². The number of carboxylic acids is 1. The van der Waals surface area contributed by atoms with Crippen LogP contribution in [0.15, 0.2) is 67.0 Å². The van der Waals surface area contributed by atoms with E-state index in [1.165, 1.54) is 5.56 Å². The molecule has 0 radical (unpaired) electrons. The Hall–Kier alpha value is -5.12. The highest BCUT2D eigenvalue weighted by atomic mass is 16.5. The molecule has 45 heavy (non-hydrogen) atoms. The van der Waals surface area contributed by atoms with Crippen LogP contribution in [0.3, 0.4) is 0 Å². The van der Waals surface area contributed by atoms with E-state index >= 15 is 0 Å². The third kappa shape index (κ3) is 7.70. The van der Waals surface area contributed by atoms with Crippen molar-refractivity contribution in [2.45, 2.75) is 46.6 Å². The molecule has 2 heterocycles. The predicted octanol–water partition coefficient (Wildman–Crippen LogP) is 5.31. The second-order valence-electron chi connectivity index (χ2n) is 11.2. The Kier molecular flexibility index (Phi) is 9.82. The van der Waals surface area contributed by atoms with Crippen molar-refractivity contribution in [3.8, 4) is 22.6 Å². The zero-order chi connectivity index (χ0) is 31.9. The third-order valence-corrected chi connectivity index (χ3v) is 7.82. The molecule has 1 aliphatic rings. The maximum atomic E-state index is 13.4. The summed E-state index contributed by atoms with van der Waals surface area (Å²) in [6.07, 6.45) is 4.52. The van der Waals surface area contributed by atoms with E-state index in [1.807, 2.05) is 55.3 Å². The number of carbonyl (C=O) groups excluding carboxylic acids is 2. The lowest BCUT2D eigenvalue weighted by atomic mass is 10.0. The highest BCUT2D eigenvalue weighted by Crippen LogP contribution is 2.42. The standard InChI is InChI=1S/C35H38N4O6/c1-23-17-29(28-20-37-38(22-28)21-26-8-5-9-27(19-26)35(43)36-13-12-33(41)42)34-30(18-23)39(14-16-45-34)32(40)11-6-15-44-31-10-4-7-24(2)25(31)3/h4-5,7-10,17-20,22H,6,11-16,21H2,1-3H3,(H,36,43)(H,41,42). The zero-order valence-electron chi connectivity index (χ0n) is 25.8. The molecule has 1 aliphatic heterocycles. The summed E-state index contributed by atoms with van der Waals surface area (Å²) in [5.74, 6) is 0.254. The van der Waals surface area contributed by atoms with Crippen LogP contribution in [0.25, 0.3) is 11.1 Å². The number of aliphatic carboxylic acids is 1. The van der Waals surface area contributed by atoms with E-state index in [1.54, 1.807) is 29.1 Å². The highest BCUT2D eigenvalue weighted by molar-refractivity contribution is 5.97. The monoisotopic (exact) mass is 610 g/mol. The minimum absolute atomic E-state index is 0.0308. The van der Waals surface area contributed by atoms with Gasteiger partial charge < -0.3 is 24.8 Å². The van der Waals surface area contributed by atoms with E-state index in [0.29, 0.717) is 50.5 Å². The Labute approximate surface area is 262 Å². The number of hydrogen-bond donors (Lipinski definition) is 2. The van der Waals surface area contributed by atoms with Crippen molar-refractivity contribution in [1.29, 1.82) is 0 Å². The van der Waals surface area contributed by atoms with Crippen LogP contribution >= 0.6 is 0 Å². The molecule has 0 unspecified atom stereocenters. The summed E-state index contributed by atoms with van der Waals surface area (Å²) in [6, 6.07) is 17.2. The van der Waals surface area contributed by atoms with Gasteiger partial charge in [-0.25, -0.2) is 0 Å². The van der Waals surface area contributed by atoms with E-state index in [4.69, 9.17) is 14.6 Å². The molecule has 0 saturated carbocycles. The van der Waals surface area contributed by atoms with Crippen LogP contribution in [0.5, 0.6) is 11.5 Å². The Bertz CT molecular complexity index is 1710. The summed E-state index contributed by atoms with van der Waals surface area (Å²) in [4.78, 5) is 38.4. The van der Waals surface area contributed by atoms with E-state index < -0.39 is 5.97 Å². The van der Waals surface area contributed by atoms with Crippen molar-refractivity contribution in [3.63, 3.8) is 0 Å². The van der Waals surface area contributed by atoms with Gasteiger partial charge in [0.15, 0.2) is 5.75 Å². The molecule has 5 rings (SSSR count). The number of hydrogen-bond acceptors (Lipinski definition) is 6. The van der Waals surface area contributed by atoms with Crippen LogP contribution in [-0.4, -0.2) is 59.0 Å². The number of benzene rings is 3. The molecular weight excluding hydrogens is 572 g/mol. The average molecular weight is 611 g/mol. The number of ether oxygens (including phenoxy) is 2. The number of carboxylic acid groups (broad SMARTS) is 1. The summed E-state index contributed by atoms with van der Waals surface area (Å²) in [7, 11) is 0. The van der Waals surface area contributed by atoms with Gasteiger partial charge in [0, 0.05) is 35.9 Å². The first-order chi connectivity index (χ1) is 21.7. The number of fused-ring (bicyclic) bond motifs is 1. The number of nitrogens with zero attached hydrogens (tertiary/aromatic N) is 3. The molecule has 0 bridgehead atoms. The number of rotatable bonds is 12. The van der Waals surface area contributed by atoms with Crippen LogP contribution in [0.1, 0.15) is 51.9 Å². The predicted molar refractivity (Wildman–Crippen MR) is 171 cm³/mol. The van der Waals surface area contributed by atoms with Crippen molar-refractivity contribution in [3.05, 3.63) is 94.8 Å². The van der Waals surface area contributed by atoms with E-state index in [2.05, 4.69) is 23.4 Å². The SMILES string of the molecule is Cc1cc(-c2cnn(Cc3cccc(C(=O)NCCC(=O)O)c3)c2)c2c(c1)N(C(=O)CCCOc1cccc(C)c1C)CCO2. The molecule has 0 aliphatic carbocycles. The molecule has 234 valence electrons. The van der Waals surface area contributed by atoms with Gasteiger partial charge in [0.25, 0.3) is 5.91 Å². The Morgan fingerprint density at radius 1 is 1.04 bits per heavy atom. The van der Waals surface area contributed by atoms with Crippen LogP contribution in [0.4, 0.5) is 5.69 Å². The molecule has 10 nitrogen and oxygen atoms in total. The Morgan fingerprint density at radius 2 is 1.87 bits per heavy atom. The van der Waals surface area contributed by atoms with Crippen LogP contribution in [0.2, 0.25) is 0 Å². The van der Waals surface area contributed by atoms with Crippen LogP contribution < -0.4 is 19.7 Å². The minimum Gasteiger partial charge on any atom is -0.493 e. The number of nitrogens with one attached hydrogen (secondary N) is 1. The number of amides is 2. The maximum Gasteiger partial charge on any atom is 0.305 e. The molecule has 2 amide bonds. The molecule has 4 aromatic rings. The summed E-state index contributed by atoms with van der Waals surface area (Å²) in [5, 5.41) is 16.0. The molecule has 10 heteroatoms. The summed E-state index contributed by atoms with van der Waals surface area (Å²) in [6.45, 7) is 7.92. The fourth-order valence-electron chi connectivity index (χ4n) is 5.33. The number of aromatic nitrogens is 2. The smallest absolute Gasteiger partial charge is 0.305 e. The summed E-state index contributed by atoms with van der Waals surface area (Å²) < 4.78 is 13.9. The molecular formula is C35H38N4O6. The van der Waals surface area contributed by atoms with E-state index in [-0.39, 0.29) is 24.8 Å². The molecule has 0 atom stereocenters. The quantitative estimate of drug-likeness (QED) is 0.208. The fourth-order valence-corrected chi connectivity index (χ4v) is 5.33. The summed E-state index contributed by atoms with van der Waals surface area (Å²) >= 11 is 0. The van der Waals surface area contributed by atoms with Gasteiger partial charge in [-0.2, -0.15) is 5.10 Å². The van der Waals surface area contributed by atoms with Crippen molar-refractivity contribution in [1.82, 2.24) is 15.1 Å². The van der Waals surface area contributed by atoms with Gasteiger partial charge in [-0.15, -0.1) is 0 Å². The van der Waals surface area contributed by atoms with E-state index in [0.717, 1.165) is 39.3 Å². The topological polar surface area (TPSA) is 123 Å². The first-order valence-corrected chi connectivity index (χ1v) is 15.1. The van der Waals surface area contributed by atoms with Crippen molar-refractivity contribution >= 4 is 23.5 Å². The molecule has 2 N–H and O–H groups in total. The van der Waals surface area contributed by atoms with Gasteiger partial charge in [-0.1, -0.05) is 24.3 Å². The van der Waals surface area contributed by atoms with Crippen LogP contribution in [-0.2, 0) is 16.1 Å². The van der Waals surface area contributed by atoms with Gasteiger partial charge in [0.2, 0.25) is 5.91 Å². The third-order valence-electron chi connectivity index (χ3n) is 7.82. The molecule has 0 spiro atoms. The fraction of sp³-hybridized carbons (Fsp3) is 0.314. The molecule has 0 fully saturated rings. The normalized spacial score (nSPS) is 12.3. The molecule has 0 saturated heterocycles. The van der Waals surface area contributed by atoms with Gasteiger partial charge in [-0.3, -0.25) is 19.1 Å². The second kappa shape index (κ2) is 14.1. The second-order valence-corrected chi connectivity index (χ2v) is 11.2. The maximum absolute atomic E-state index is 13.4. The van der Waals surface area contributed by atoms with Gasteiger partial charge in [0.05, 0.1) is 38.0 Å². The zero-order valence-corrected chi connectivity index (χ0v) is 25.8. The number of aryl methyl sites for hydroxylation is 2. The number of carbonyl (C=O) groups is 3. The lowest BCUT2D eigenvalue weighted by molar-refractivity contribution is -0.136. The van der Waals surface area contributed by atoms with Gasteiger partial charge in [-0.05, 0) is 79.8 Å². The molecule has 3 aromatic carbocycles. The summed E-state index contributed by atoms with van der Waals surface area (Å²) in [5.41, 5.74) is 7.08. The van der Waals surface area contributed by atoms with Crippen molar-refractivity contribution in [2.24, 2.45) is 0 Å². The largest absolute Gasteiger partial charge is 0.493 e. The van der Waals surface area contributed by atoms with Gasteiger partial charge in [0.1, 0.15) is 12.4 Å². The van der Waals surface area contributed by atoms with Gasteiger partial charge >= 0.3 is 5.97 Å². The average Bonchev–Trinajstić information content (AvgIpc) is 3.48. The first-order valence-electron chi connectivity index (χ1n) is 15.1. The highest BCUT2D eigenvalue weighted by Gasteiger charge is 2.27. The van der Waals surface area contributed by atoms with Crippen molar-refractivity contribution < 1.29 is 29.0 Å². The Morgan fingerprint density at radius 3 is 2.69 bits per heavy atom. The van der Waals surface area contributed by atoms with Crippen LogP contribution in [0, 0.1) is 20.8 Å². The Balaban J connectivity index is 1.25. The molecule has 1 aromatic heterocycles. The van der Waals surface area contributed by atoms with Crippen molar-refractivity contribution in [2.75, 3.05) is 31.2 Å². The minimum atomic E-state index is -0.965. The first kappa shape index (κ1) is 31.3.